The second-order valence-electron chi connectivity index (χ2n) is 5.25. The molecule has 0 bridgehead atoms. The number of rotatable bonds is 3. The highest BCUT2D eigenvalue weighted by atomic mass is 35.5. The van der Waals surface area contributed by atoms with E-state index < -0.39 is 11.3 Å². The van der Waals surface area contributed by atoms with E-state index in [4.69, 9.17) is 27.2 Å². The zero-order valence-corrected chi connectivity index (χ0v) is 13.6. The lowest BCUT2D eigenvalue weighted by molar-refractivity contribution is 0.414. The van der Waals surface area contributed by atoms with Crippen LogP contribution in [0.3, 0.4) is 0 Å². The first-order chi connectivity index (χ1) is 11.5. The monoisotopic (exact) mass is 344 g/mol. The fourth-order valence-electron chi connectivity index (χ4n) is 2.40. The van der Waals surface area contributed by atoms with E-state index in [1.165, 1.54) is 6.20 Å². The van der Waals surface area contributed by atoms with E-state index in [1.54, 1.807) is 13.3 Å². The molecule has 7 heteroatoms. The van der Waals surface area contributed by atoms with Crippen LogP contribution in [0.15, 0.2) is 42.7 Å². The maximum Gasteiger partial charge on any atom is 0.167 e. The molecule has 5 nitrogen and oxygen atoms in total. The number of nitrogens with one attached hydrogen (secondary N) is 2. The molecular weight excluding hydrogens is 331 g/mol. The highest BCUT2D eigenvalue weighted by Crippen LogP contribution is 2.20. The van der Waals surface area contributed by atoms with Crippen molar-refractivity contribution in [3.8, 4) is 5.75 Å². The lowest BCUT2D eigenvalue weighted by Gasteiger charge is -2.10. The van der Waals surface area contributed by atoms with Crippen LogP contribution < -0.4 is 10.2 Å². The number of fused-ring (bicyclic) bond motifs is 1. The maximum atomic E-state index is 13.6. The zero-order valence-electron chi connectivity index (χ0n) is 12.8. The van der Waals surface area contributed by atoms with Gasteiger partial charge >= 0.3 is 0 Å². The molecule has 0 amide bonds. The van der Waals surface area contributed by atoms with Crippen LogP contribution in [0.25, 0.3) is 10.9 Å². The van der Waals surface area contributed by atoms with Gasteiger partial charge in [-0.15, -0.1) is 0 Å². The summed E-state index contributed by atoms with van der Waals surface area (Å²) in [5.41, 5.74) is 1.26. The van der Waals surface area contributed by atoms with Gasteiger partial charge in [0.1, 0.15) is 11.6 Å². The van der Waals surface area contributed by atoms with Gasteiger partial charge in [0.25, 0.3) is 0 Å². The Morgan fingerprint density at radius 1 is 1.33 bits per heavy atom. The predicted octanol–water partition coefficient (Wildman–Crippen LogP) is 3.38. The molecule has 0 aliphatic heterocycles. The molecule has 0 fully saturated rings. The third-order valence-electron chi connectivity index (χ3n) is 3.60. The van der Waals surface area contributed by atoms with Gasteiger partial charge in [0.05, 0.1) is 23.8 Å². The molecule has 2 aromatic heterocycles. The minimum Gasteiger partial charge on any atom is -0.495 e. The molecule has 1 aromatic carbocycles. The van der Waals surface area contributed by atoms with Crippen molar-refractivity contribution in [2.24, 2.45) is 0 Å². The van der Waals surface area contributed by atoms with E-state index in [1.807, 2.05) is 24.3 Å². The number of halogens is 2. The summed E-state index contributed by atoms with van der Waals surface area (Å²) in [6, 6.07) is 8.51. The molecule has 0 saturated heterocycles. The van der Waals surface area contributed by atoms with Gasteiger partial charge in [-0.1, -0.05) is 17.7 Å². The molecule has 0 saturated carbocycles. The number of hydrogen-bond donors (Lipinski definition) is 2. The average Bonchev–Trinajstić information content (AvgIpc) is 2.57. The highest BCUT2D eigenvalue weighted by Gasteiger charge is 2.09. The molecule has 3 aromatic rings. The largest absolute Gasteiger partial charge is 0.495 e. The minimum atomic E-state index is -0.764. The molecule has 122 valence electrons. The number of ether oxygens (including phenoxy) is 1. The third kappa shape index (κ3) is 3.14. The highest BCUT2D eigenvalue weighted by molar-refractivity contribution is 6.30. The van der Waals surface area contributed by atoms with Gasteiger partial charge in [0.2, 0.25) is 0 Å². The first-order valence-corrected chi connectivity index (χ1v) is 7.48. The molecule has 3 rings (SSSR count). The predicted molar refractivity (Wildman–Crippen MR) is 90.4 cm³/mol. The first-order valence-electron chi connectivity index (χ1n) is 7.10. The van der Waals surface area contributed by atoms with Crippen LogP contribution in [0.5, 0.6) is 5.75 Å². The summed E-state index contributed by atoms with van der Waals surface area (Å²) in [5, 5.41) is 16.9. The summed E-state index contributed by atoms with van der Waals surface area (Å²) in [6.07, 6.45) is 3.23. The average molecular weight is 345 g/mol. The van der Waals surface area contributed by atoms with Gasteiger partial charge in [-0.2, -0.15) is 0 Å². The Kier molecular flexibility index (Phi) is 4.31. The molecular formula is C17H14ClFN4O. The zero-order chi connectivity index (χ0) is 17.3. The summed E-state index contributed by atoms with van der Waals surface area (Å²) < 4.78 is 19.9. The molecule has 24 heavy (non-hydrogen) atoms. The lowest BCUT2D eigenvalue weighted by atomic mass is 10.1. The Morgan fingerprint density at radius 2 is 2.12 bits per heavy atom. The van der Waals surface area contributed by atoms with Crippen LogP contribution in [-0.4, -0.2) is 22.5 Å². The van der Waals surface area contributed by atoms with Gasteiger partial charge in [-0.3, -0.25) is 20.4 Å². The molecule has 2 heterocycles. The molecule has 0 spiro atoms. The van der Waals surface area contributed by atoms with E-state index in [0.29, 0.717) is 5.75 Å². The minimum absolute atomic E-state index is 0.0524. The standard InChI is InChI=1S/C17H14ClFN4O/c1-24-13-6-11-4-10(2-3-15(11)22-8-13)5-16(20)23-9-12(18)7-14(19)17(23)21/h2-4,6-9,20-21H,5H2,1H3. The Balaban J connectivity index is 1.94. The first kappa shape index (κ1) is 16.1. The number of hydrogen-bond acceptors (Lipinski definition) is 4. The molecule has 0 radical (unpaired) electrons. The normalized spacial score (nSPS) is 10.8. The second kappa shape index (κ2) is 6.41. The third-order valence-corrected chi connectivity index (χ3v) is 3.81. The fourth-order valence-corrected chi connectivity index (χ4v) is 2.60. The smallest absolute Gasteiger partial charge is 0.167 e. The number of nitrogens with zero attached hydrogens (tertiary/aromatic N) is 2. The van der Waals surface area contributed by atoms with Crippen LogP contribution >= 0.6 is 11.6 Å². The van der Waals surface area contributed by atoms with Crippen LogP contribution in [0.4, 0.5) is 4.39 Å². The van der Waals surface area contributed by atoms with E-state index in [0.717, 1.165) is 27.1 Å². The van der Waals surface area contributed by atoms with Gasteiger partial charge in [0, 0.05) is 18.0 Å². The van der Waals surface area contributed by atoms with Crippen molar-refractivity contribution in [3.05, 3.63) is 64.6 Å². The number of aromatic nitrogens is 2. The Bertz CT molecular complexity index is 1000. The Hall–Kier alpha value is -2.73. The molecule has 0 unspecified atom stereocenters. The second-order valence-corrected chi connectivity index (χ2v) is 5.69. The number of pyridine rings is 2. The summed E-state index contributed by atoms with van der Waals surface area (Å²) in [5.74, 6) is -0.0641. The van der Waals surface area contributed by atoms with Crippen molar-refractivity contribution >= 4 is 28.3 Å². The maximum absolute atomic E-state index is 13.6. The van der Waals surface area contributed by atoms with Gasteiger partial charge < -0.3 is 4.74 Å². The van der Waals surface area contributed by atoms with Crippen LogP contribution in [0, 0.1) is 16.6 Å². The van der Waals surface area contributed by atoms with E-state index in [-0.39, 0.29) is 17.3 Å². The van der Waals surface area contributed by atoms with E-state index in [9.17, 15) is 4.39 Å². The van der Waals surface area contributed by atoms with Crippen LogP contribution in [0.1, 0.15) is 5.56 Å². The van der Waals surface area contributed by atoms with Crippen molar-refractivity contribution in [3.63, 3.8) is 0 Å². The summed E-state index contributed by atoms with van der Waals surface area (Å²) >= 11 is 5.82. The van der Waals surface area contributed by atoms with E-state index >= 15 is 0 Å². The molecule has 0 aliphatic carbocycles. The van der Waals surface area contributed by atoms with Crippen molar-refractivity contribution in [2.75, 3.05) is 7.11 Å². The summed E-state index contributed by atoms with van der Waals surface area (Å²) in [6.45, 7) is 0. The summed E-state index contributed by atoms with van der Waals surface area (Å²) in [4.78, 5) is 4.29. The van der Waals surface area contributed by atoms with E-state index in [2.05, 4.69) is 4.98 Å². The van der Waals surface area contributed by atoms with Crippen molar-refractivity contribution in [2.45, 2.75) is 6.42 Å². The molecule has 0 atom stereocenters. The van der Waals surface area contributed by atoms with Crippen LogP contribution in [0.2, 0.25) is 5.02 Å². The fraction of sp³-hybridized carbons (Fsp3) is 0.118. The Labute approximate surface area is 142 Å². The Morgan fingerprint density at radius 3 is 2.88 bits per heavy atom. The topological polar surface area (TPSA) is 74.8 Å². The van der Waals surface area contributed by atoms with Gasteiger partial charge in [0.15, 0.2) is 11.3 Å². The number of methoxy groups -OCH3 is 1. The lowest BCUT2D eigenvalue weighted by Crippen LogP contribution is -2.29. The van der Waals surface area contributed by atoms with Gasteiger partial charge in [-0.05, 0) is 29.8 Å². The van der Waals surface area contributed by atoms with Crippen molar-refractivity contribution in [1.29, 1.82) is 10.8 Å². The van der Waals surface area contributed by atoms with Crippen molar-refractivity contribution < 1.29 is 9.13 Å². The summed E-state index contributed by atoms with van der Waals surface area (Å²) in [7, 11) is 1.57. The molecule has 2 N–H and O–H groups in total. The molecule has 0 aliphatic rings. The number of benzene rings is 1. The quantitative estimate of drug-likeness (QED) is 0.564. The van der Waals surface area contributed by atoms with Crippen molar-refractivity contribution in [1.82, 2.24) is 9.55 Å². The van der Waals surface area contributed by atoms with Crippen LogP contribution in [-0.2, 0) is 6.42 Å². The van der Waals surface area contributed by atoms with Gasteiger partial charge in [-0.25, -0.2) is 4.39 Å². The SMILES string of the molecule is COc1cnc2ccc(CC(=N)n3cc(Cl)cc(F)c3=N)cc2c1.